The zero-order chi connectivity index (χ0) is 16.8. The molecule has 1 fully saturated rings. The normalized spacial score (nSPS) is 22.0. The van der Waals surface area contributed by atoms with Crippen molar-refractivity contribution in [3.05, 3.63) is 29.8 Å². The van der Waals surface area contributed by atoms with E-state index in [1.807, 2.05) is 29.2 Å². The highest BCUT2D eigenvalue weighted by Crippen LogP contribution is 2.16. The number of benzene rings is 1. The van der Waals surface area contributed by atoms with Crippen LogP contribution in [0.5, 0.6) is 5.75 Å². The van der Waals surface area contributed by atoms with Gasteiger partial charge in [0.15, 0.2) is 0 Å². The molecule has 0 aliphatic carbocycles. The van der Waals surface area contributed by atoms with Gasteiger partial charge in [-0.1, -0.05) is 12.1 Å². The van der Waals surface area contributed by atoms with Gasteiger partial charge in [-0.3, -0.25) is 4.90 Å². The topological polar surface area (TPSA) is 65.0 Å². The fraction of sp³-hybridized carbons (Fsp3) is 0.588. The highest BCUT2D eigenvalue weighted by molar-refractivity contribution is 5.74. The lowest BCUT2D eigenvalue weighted by molar-refractivity contribution is 0.0423. The molecule has 0 bridgehead atoms. The predicted octanol–water partition coefficient (Wildman–Crippen LogP) is 1.29. The molecule has 0 spiro atoms. The largest absolute Gasteiger partial charge is 0.497 e. The predicted molar refractivity (Wildman–Crippen MR) is 89.5 cm³/mol. The molecule has 1 aliphatic rings. The fourth-order valence-corrected chi connectivity index (χ4v) is 3.11. The maximum Gasteiger partial charge on any atom is 0.317 e. The van der Waals surface area contributed by atoms with Gasteiger partial charge >= 0.3 is 6.03 Å². The van der Waals surface area contributed by atoms with E-state index in [9.17, 15) is 4.79 Å². The monoisotopic (exact) mass is 321 g/mol. The van der Waals surface area contributed by atoms with E-state index in [1.165, 1.54) is 0 Å². The van der Waals surface area contributed by atoms with E-state index in [4.69, 9.17) is 9.84 Å². The number of β-amino-alcohol motifs (C(OH)–C–C–N with tert-alkyl or cyclic N) is 1. The van der Waals surface area contributed by atoms with Gasteiger partial charge < -0.3 is 20.1 Å². The summed E-state index contributed by atoms with van der Waals surface area (Å²) in [5.41, 5.74) is 1.04. The van der Waals surface area contributed by atoms with Crippen LogP contribution in [0.2, 0.25) is 0 Å². The van der Waals surface area contributed by atoms with Crippen LogP contribution in [0.1, 0.15) is 19.4 Å². The third-order valence-corrected chi connectivity index (χ3v) is 4.35. The Hall–Kier alpha value is -1.79. The number of amides is 2. The molecule has 1 aliphatic heterocycles. The quantitative estimate of drug-likeness (QED) is 0.858. The number of carbonyl (C=O) groups is 1. The van der Waals surface area contributed by atoms with Gasteiger partial charge in [0.25, 0.3) is 0 Å². The number of methoxy groups -OCH3 is 1. The zero-order valence-corrected chi connectivity index (χ0v) is 14.2. The number of aliphatic hydroxyl groups is 1. The van der Waals surface area contributed by atoms with E-state index in [-0.39, 0.29) is 24.7 Å². The van der Waals surface area contributed by atoms with Gasteiger partial charge in [-0.25, -0.2) is 4.79 Å². The number of urea groups is 1. The van der Waals surface area contributed by atoms with E-state index in [0.29, 0.717) is 26.2 Å². The molecule has 1 aromatic rings. The smallest absolute Gasteiger partial charge is 0.317 e. The van der Waals surface area contributed by atoms with E-state index in [2.05, 4.69) is 24.1 Å². The first-order chi connectivity index (χ1) is 11.0. The molecule has 1 saturated heterocycles. The number of aliphatic hydroxyl groups excluding tert-OH is 1. The van der Waals surface area contributed by atoms with Crippen LogP contribution in [0.4, 0.5) is 4.79 Å². The molecule has 128 valence electrons. The number of hydrogen-bond donors (Lipinski definition) is 2. The first-order valence-electron chi connectivity index (χ1n) is 8.07. The number of hydrogen-bond acceptors (Lipinski definition) is 4. The molecule has 2 rings (SSSR count). The van der Waals surface area contributed by atoms with Crippen molar-refractivity contribution in [1.82, 2.24) is 15.1 Å². The summed E-state index contributed by atoms with van der Waals surface area (Å²) < 4.78 is 5.13. The van der Waals surface area contributed by atoms with E-state index in [0.717, 1.165) is 11.3 Å². The first-order valence-corrected chi connectivity index (χ1v) is 8.07. The summed E-state index contributed by atoms with van der Waals surface area (Å²) >= 11 is 0. The summed E-state index contributed by atoms with van der Waals surface area (Å²) in [7, 11) is 1.63. The first kappa shape index (κ1) is 17.6. The molecule has 0 unspecified atom stereocenters. The molecule has 0 saturated carbocycles. The van der Waals surface area contributed by atoms with Crippen molar-refractivity contribution >= 4 is 6.03 Å². The second-order valence-electron chi connectivity index (χ2n) is 6.07. The average molecular weight is 321 g/mol. The SMILES string of the molecule is COc1ccc(CNC(=O)N2C[C@@H](C)N(CCO)[C@@H](C)C2)cc1. The zero-order valence-electron chi connectivity index (χ0n) is 14.2. The third kappa shape index (κ3) is 4.59. The van der Waals surface area contributed by atoms with Crippen LogP contribution in [0.25, 0.3) is 0 Å². The number of piperazine rings is 1. The van der Waals surface area contributed by atoms with Crippen molar-refractivity contribution in [2.45, 2.75) is 32.5 Å². The standard InChI is InChI=1S/C17H27N3O3/c1-13-11-19(12-14(2)20(13)8-9-21)17(22)18-10-15-4-6-16(23-3)7-5-15/h4-7,13-14,21H,8-12H2,1-3H3,(H,18,22)/t13-,14+. The van der Waals surface area contributed by atoms with Crippen molar-refractivity contribution in [1.29, 1.82) is 0 Å². The number of nitrogens with one attached hydrogen (secondary N) is 1. The van der Waals surface area contributed by atoms with Crippen LogP contribution < -0.4 is 10.1 Å². The van der Waals surface area contributed by atoms with Crippen molar-refractivity contribution in [2.24, 2.45) is 0 Å². The van der Waals surface area contributed by atoms with E-state index in [1.54, 1.807) is 7.11 Å². The Labute approximate surface area is 138 Å². The second kappa shape index (κ2) is 8.17. The van der Waals surface area contributed by atoms with Crippen LogP contribution in [-0.4, -0.2) is 66.4 Å². The molecule has 23 heavy (non-hydrogen) atoms. The van der Waals surface area contributed by atoms with Gasteiger partial charge in [0.2, 0.25) is 0 Å². The second-order valence-corrected chi connectivity index (χ2v) is 6.07. The molecular weight excluding hydrogens is 294 g/mol. The van der Waals surface area contributed by atoms with Crippen molar-refractivity contribution in [3.63, 3.8) is 0 Å². The maximum atomic E-state index is 12.4. The molecule has 2 N–H and O–H groups in total. The third-order valence-electron chi connectivity index (χ3n) is 4.35. The minimum Gasteiger partial charge on any atom is -0.497 e. The lowest BCUT2D eigenvalue weighted by atomic mass is 10.1. The molecule has 6 heteroatoms. The molecule has 0 radical (unpaired) electrons. The van der Waals surface area contributed by atoms with Crippen LogP contribution in [0.15, 0.2) is 24.3 Å². The Bertz CT molecular complexity index is 494. The van der Waals surface area contributed by atoms with E-state index >= 15 is 0 Å². The van der Waals surface area contributed by atoms with Crippen molar-refractivity contribution in [3.8, 4) is 5.75 Å². The molecule has 2 amide bonds. The van der Waals surface area contributed by atoms with Crippen LogP contribution in [0.3, 0.4) is 0 Å². The Morgan fingerprint density at radius 3 is 2.39 bits per heavy atom. The molecule has 6 nitrogen and oxygen atoms in total. The number of nitrogens with zero attached hydrogens (tertiary/aromatic N) is 2. The Kier molecular flexibility index (Phi) is 6.24. The summed E-state index contributed by atoms with van der Waals surface area (Å²) in [6.45, 7) is 6.85. The Morgan fingerprint density at radius 2 is 1.87 bits per heavy atom. The van der Waals surface area contributed by atoms with Gasteiger partial charge in [0.1, 0.15) is 5.75 Å². The van der Waals surface area contributed by atoms with Crippen LogP contribution in [-0.2, 0) is 6.54 Å². The van der Waals surface area contributed by atoms with Crippen molar-refractivity contribution in [2.75, 3.05) is 33.4 Å². The molecule has 0 aromatic heterocycles. The molecule has 1 aromatic carbocycles. The van der Waals surface area contributed by atoms with Gasteiger partial charge in [0.05, 0.1) is 13.7 Å². The summed E-state index contributed by atoms with van der Waals surface area (Å²) in [4.78, 5) is 16.5. The summed E-state index contributed by atoms with van der Waals surface area (Å²) in [6.07, 6.45) is 0. The number of ether oxygens (including phenoxy) is 1. The summed E-state index contributed by atoms with van der Waals surface area (Å²) in [6, 6.07) is 8.13. The molecular formula is C17H27N3O3. The highest BCUT2D eigenvalue weighted by Gasteiger charge is 2.31. The van der Waals surface area contributed by atoms with Crippen molar-refractivity contribution < 1.29 is 14.6 Å². The maximum absolute atomic E-state index is 12.4. The molecule has 1 heterocycles. The molecule has 2 atom stereocenters. The lowest BCUT2D eigenvalue weighted by Gasteiger charge is -2.44. The van der Waals surface area contributed by atoms with Gasteiger partial charge in [0, 0.05) is 38.3 Å². The highest BCUT2D eigenvalue weighted by atomic mass is 16.5. The minimum atomic E-state index is -0.0387. The fourth-order valence-electron chi connectivity index (χ4n) is 3.11. The van der Waals surface area contributed by atoms with Crippen LogP contribution >= 0.6 is 0 Å². The summed E-state index contributed by atoms with van der Waals surface area (Å²) in [5.74, 6) is 0.808. The average Bonchev–Trinajstić information content (AvgIpc) is 2.56. The number of carbonyl (C=O) groups excluding carboxylic acids is 1. The Balaban J connectivity index is 1.86. The summed E-state index contributed by atoms with van der Waals surface area (Å²) in [5, 5.41) is 12.1. The van der Waals surface area contributed by atoms with Gasteiger partial charge in [-0.05, 0) is 31.5 Å². The van der Waals surface area contributed by atoms with Gasteiger partial charge in [-0.2, -0.15) is 0 Å². The number of rotatable bonds is 5. The minimum absolute atomic E-state index is 0.0387. The van der Waals surface area contributed by atoms with Gasteiger partial charge in [-0.15, -0.1) is 0 Å². The van der Waals surface area contributed by atoms with Crippen LogP contribution in [0, 0.1) is 0 Å². The van der Waals surface area contributed by atoms with E-state index < -0.39 is 0 Å². The Morgan fingerprint density at radius 1 is 1.26 bits per heavy atom. The lowest BCUT2D eigenvalue weighted by Crippen LogP contribution is -2.60.